The molecule has 2 fully saturated rings. The highest BCUT2D eigenvalue weighted by Gasteiger charge is 2.25. The number of anilines is 1. The zero-order chi connectivity index (χ0) is 22.5. The van der Waals surface area contributed by atoms with Crippen LogP contribution in [0.3, 0.4) is 0 Å². The second-order valence-electron chi connectivity index (χ2n) is 8.69. The van der Waals surface area contributed by atoms with E-state index in [2.05, 4.69) is 76.7 Å². The molecule has 1 atom stereocenters. The van der Waals surface area contributed by atoms with Crippen LogP contribution in [0.2, 0.25) is 0 Å². The molecule has 0 bridgehead atoms. The van der Waals surface area contributed by atoms with Crippen molar-refractivity contribution >= 4 is 43.2 Å². The van der Waals surface area contributed by atoms with Crippen molar-refractivity contribution in [2.24, 2.45) is 0 Å². The first kappa shape index (κ1) is 30.2. The first-order chi connectivity index (χ1) is 16.3. The molecular weight excluding hydrogens is 523 g/mol. The number of benzene rings is 1. The Labute approximate surface area is 231 Å². The lowest BCUT2D eigenvalue weighted by Crippen LogP contribution is -2.46. The maximum atomic E-state index is 5.53. The minimum absolute atomic E-state index is 0. The SMILES string of the molecule is CC(c1ccccc1)n1c(CN2CCOCC2)nnc1CN1CCN(c2ncccn2)CC1.Cl.Cl.Cl. The second kappa shape index (κ2) is 14.7. The molecule has 0 radical (unpaired) electrons. The first-order valence-corrected chi connectivity index (χ1v) is 11.8. The normalized spacial score (nSPS) is 17.4. The highest BCUT2D eigenvalue weighted by atomic mass is 35.5. The third-order valence-corrected chi connectivity index (χ3v) is 6.55. The van der Waals surface area contributed by atoms with Crippen LogP contribution in [0.4, 0.5) is 5.95 Å². The molecule has 1 aromatic carbocycles. The number of ether oxygens (including phenoxy) is 1. The van der Waals surface area contributed by atoms with Gasteiger partial charge in [-0.05, 0) is 18.6 Å². The van der Waals surface area contributed by atoms with Gasteiger partial charge in [0.2, 0.25) is 5.95 Å². The number of hydrogen-bond acceptors (Lipinski definition) is 8. The predicted molar refractivity (Wildman–Crippen MR) is 148 cm³/mol. The van der Waals surface area contributed by atoms with E-state index in [1.807, 2.05) is 6.07 Å². The van der Waals surface area contributed by atoms with Crippen LogP contribution in [0.5, 0.6) is 0 Å². The third kappa shape index (κ3) is 7.27. The number of aromatic nitrogens is 5. The van der Waals surface area contributed by atoms with Crippen molar-refractivity contribution in [3.05, 3.63) is 66.0 Å². The maximum absolute atomic E-state index is 5.53. The van der Waals surface area contributed by atoms with Gasteiger partial charge in [0.1, 0.15) is 11.6 Å². The Morgan fingerprint density at radius 2 is 1.31 bits per heavy atom. The molecular formula is C24H35Cl3N8O. The van der Waals surface area contributed by atoms with Crippen LogP contribution in [0.15, 0.2) is 48.8 Å². The largest absolute Gasteiger partial charge is 0.379 e. The van der Waals surface area contributed by atoms with E-state index < -0.39 is 0 Å². The summed E-state index contributed by atoms with van der Waals surface area (Å²) >= 11 is 0. The fraction of sp³-hybridized carbons (Fsp3) is 0.500. The van der Waals surface area contributed by atoms with E-state index in [1.54, 1.807) is 12.4 Å². The van der Waals surface area contributed by atoms with Gasteiger partial charge in [0.05, 0.1) is 32.3 Å². The molecule has 9 nitrogen and oxygen atoms in total. The Balaban J connectivity index is 0.00000152. The fourth-order valence-electron chi connectivity index (χ4n) is 4.62. The van der Waals surface area contributed by atoms with Crippen molar-refractivity contribution in [1.29, 1.82) is 0 Å². The zero-order valence-electron chi connectivity index (χ0n) is 20.5. The van der Waals surface area contributed by atoms with E-state index in [4.69, 9.17) is 4.74 Å². The third-order valence-electron chi connectivity index (χ3n) is 6.55. The summed E-state index contributed by atoms with van der Waals surface area (Å²) in [4.78, 5) is 15.9. The van der Waals surface area contributed by atoms with Crippen molar-refractivity contribution in [1.82, 2.24) is 34.5 Å². The average molecular weight is 558 g/mol. The molecule has 0 saturated carbocycles. The van der Waals surface area contributed by atoms with Crippen molar-refractivity contribution in [3.63, 3.8) is 0 Å². The topological polar surface area (TPSA) is 75.4 Å². The molecule has 2 aromatic heterocycles. The van der Waals surface area contributed by atoms with Crippen LogP contribution >= 0.6 is 37.2 Å². The number of nitrogens with zero attached hydrogens (tertiary/aromatic N) is 8. The molecule has 2 saturated heterocycles. The van der Waals surface area contributed by atoms with E-state index in [0.717, 1.165) is 83.2 Å². The van der Waals surface area contributed by atoms with E-state index in [0.29, 0.717) is 0 Å². The first-order valence-electron chi connectivity index (χ1n) is 11.8. The van der Waals surface area contributed by atoms with E-state index in [9.17, 15) is 0 Å². The summed E-state index contributed by atoms with van der Waals surface area (Å²) in [6, 6.07) is 12.7. The summed E-state index contributed by atoms with van der Waals surface area (Å²) in [5.41, 5.74) is 1.27. The van der Waals surface area contributed by atoms with Gasteiger partial charge in [-0.1, -0.05) is 30.3 Å². The Morgan fingerprint density at radius 1 is 0.750 bits per heavy atom. The van der Waals surface area contributed by atoms with Crippen LogP contribution in [0.1, 0.15) is 30.2 Å². The van der Waals surface area contributed by atoms with E-state index in [1.165, 1.54) is 5.56 Å². The zero-order valence-corrected chi connectivity index (χ0v) is 22.9. The van der Waals surface area contributed by atoms with Gasteiger partial charge >= 0.3 is 0 Å². The number of piperazine rings is 1. The van der Waals surface area contributed by atoms with Crippen LogP contribution in [-0.4, -0.2) is 87.0 Å². The number of morpholine rings is 1. The van der Waals surface area contributed by atoms with E-state index >= 15 is 0 Å². The van der Waals surface area contributed by atoms with Gasteiger partial charge in [0.15, 0.2) is 0 Å². The van der Waals surface area contributed by atoms with Crippen molar-refractivity contribution in [3.8, 4) is 0 Å². The minimum Gasteiger partial charge on any atom is -0.379 e. The summed E-state index contributed by atoms with van der Waals surface area (Å²) in [6.45, 7) is 11.0. The lowest BCUT2D eigenvalue weighted by atomic mass is 10.1. The second-order valence-corrected chi connectivity index (χ2v) is 8.69. The molecule has 0 aliphatic carbocycles. The van der Waals surface area contributed by atoms with Crippen molar-refractivity contribution in [2.75, 3.05) is 57.4 Å². The van der Waals surface area contributed by atoms with Crippen LogP contribution in [-0.2, 0) is 17.8 Å². The smallest absolute Gasteiger partial charge is 0.225 e. The van der Waals surface area contributed by atoms with Gasteiger partial charge < -0.3 is 14.2 Å². The van der Waals surface area contributed by atoms with Crippen molar-refractivity contribution < 1.29 is 4.74 Å². The van der Waals surface area contributed by atoms with Gasteiger partial charge in [-0.25, -0.2) is 9.97 Å². The van der Waals surface area contributed by atoms with E-state index in [-0.39, 0.29) is 43.3 Å². The molecule has 2 aliphatic heterocycles. The molecule has 198 valence electrons. The Kier molecular flexibility index (Phi) is 12.3. The molecule has 0 N–H and O–H groups in total. The summed E-state index contributed by atoms with van der Waals surface area (Å²) < 4.78 is 7.87. The van der Waals surface area contributed by atoms with Gasteiger partial charge in [-0.3, -0.25) is 9.80 Å². The molecule has 2 aliphatic rings. The number of rotatable bonds is 7. The fourth-order valence-corrected chi connectivity index (χ4v) is 4.62. The molecule has 3 aromatic rings. The summed E-state index contributed by atoms with van der Waals surface area (Å²) in [7, 11) is 0. The summed E-state index contributed by atoms with van der Waals surface area (Å²) in [6.07, 6.45) is 3.61. The lowest BCUT2D eigenvalue weighted by Gasteiger charge is -2.34. The molecule has 1 unspecified atom stereocenters. The molecule has 12 heteroatoms. The maximum Gasteiger partial charge on any atom is 0.225 e. The summed E-state index contributed by atoms with van der Waals surface area (Å²) in [5, 5.41) is 9.33. The molecule has 36 heavy (non-hydrogen) atoms. The van der Waals surface area contributed by atoms with Gasteiger partial charge in [-0.2, -0.15) is 0 Å². The Morgan fingerprint density at radius 3 is 1.89 bits per heavy atom. The minimum atomic E-state index is 0. The average Bonchev–Trinajstić information content (AvgIpc) is 3.27. The monoisotopic (exact) mass is 556 g/mol. The number of halogens is 3. The highest BCUT2D eigenvalue weighted by molar-refractivity contribution is 5.86. The predicted octanol–water partition coefficient (Wildman–Crippen LogP) is 3.10. The number of hydrogen-bond donors (Lipinski definition) is 0. The Bertz CT molecular complexity index is 1010. The van der Waals surface area contributed by atoms with Crippen molar-refractivity contribution in [2.45, 2.75) is 26.1 Å². The lowest BCUT2D eigenvalue weighted by molar-refractivity contribution is 0.0324. The van der Waals surface area contributed by atoms with Gasteiger partial charge in [0.25, 0.3) is 0 Å². The highest BCUT2D eigenvalue weighted by Crippen LogP contribution is 2.23. The van der Waals surface area contributed by atoms with Crippen LogP contribution in [0, 0.1) is 0 Å². The van der Waals surface area contributed by atoms with Gasteiger partial charge in [-0.15, -0.1) is 47.4 Å². The molecule has 0 amide bonds. The molecule has 5 rings (SSSR count). The Hall–Kier alpha value is -2.01. The molecule has 0 spiro atoms. The van der Waals surface area contributed by atoms with Crippen LogP contribution < -0.4 is 4.90 Å². The van der Waals surface area contributed by atoms with Gasteiger partial charge in [0, 0.05) is 51.7 Å². The standard InChI is InChI=1S/C24H32N8O.3ClH/c1-20(21-6-3-2-4-7-21)32-22(27-28-23(32)19-30-14-16-33-17-15-30)18-29-10-12-31(13-11-29)24-25-8-5-9-26-24;;;/h2-9,20H,10-19H2,1H3;3*1H. The summed E-state index contributed by atoms with van der Waals surface area (Å²) in [5.74, 6) is 2.87. The quantitative estimate of drug-likeness (QED) is 0.439. The molecule has 4 heterocycles. The van der Waals surface area contributed by atoms with Crippen LogP contribution in [0.25, 0.3) is 0 Å².